The van der Waals surface area contributed by atoms with Gasteiger partial charge in [-0.1, -0.05) is 43.0 Å². The molecule has 2 aromatic carbocycles. The van der Waals surface area contributed by atoms with Crippen LogP contribution in [0.3, 0.4) is 0 Å². The standard InChI is InChI=1S/C26H24ClF2N5OS.C2H7N/c1-35-25-18(13-21(29)24(33-25)34-36-22-10-6-5-9-19(22)27)15-11-16-14-30-26(32-23(16)20(28)12-15)31-17-7-3-2-4-8-17;1-3-2/h5-6,9-14,17H,2-4,7-8H2,1H3,(H,33,34)(H,30,31,32);3H,1-2H3. The smallest absolute Gasteiger partial charge is 0.223 e. The molecule has 2 heterocycles. The summed E-state index contributed by atoms with van der Waals surface area (Å²) in [6, 6.07) is 11.8. The number of hydrogen-bond donors (Lipinski definition) is 3. The van der Waals surface area contributed by atoms with Crippen molar-refractivity contribution in [3.05, 3.63) is 65.3 Å². The van der Waals surface area contributed by atoms with E-state index in [1.165, 1.54) is 38.5 Å². The van der Waals surface area contributed by atoms with Gasteiger partial charge in [0.1, 0.15) is 11.3 Å². The highest BCUT2D eigenvalue weighted by atomic mass is 35.5. The maximum absolute atomic E-state index is 15.2. The number of nitrogens with zero attached hydrogens (tertiary/aromatic N) is 3. The van der Waals surface area contributed by atoms with Gasteiger partial charge in [-0.3, -0.25) is 0 Å². The van der Waals surface area contributed by atoms with E-state index >= 15 is 4.39 Å². The van der Waals surface area contributed by atoms with Crippen LogP contribution in [-0.4, -0.2) is 42.2 Å². The van der Waals surface area contributed by atoms with E-state index in [1.54, 1.807) is 24.4 Å². The number of hydrogen-bond acceptors (Lipinski definition) is 8. The highest BCUT2D eigenvalue weighted by Gasteiger charge is 2.19. The molecule has 0 amide bonds. The molecular weight excluding hydrogens is 542 g/mol. The van der Waals surface area contributed by atoms with Gasteiger partial charge < -0.3 is 20.1 Å². The van der Waals surface area contributed by atoms with Gasteiger partial charge in [0.15, 0.2) is 11.6 Å². The summed E-state index contributed by atoms with van der Waals surface area (Å²) in [6.07, 6.45) is 7.27. The zero-order chi connectivity index (χ0) is 27.8. The second kappa shape index (κ2) is 13.7. The van der Waals surface area contributed by atoms with E-state index < -0.39 is 11.6 Å². The van der Waals surface area contributed by atoms with E-state index in [-0.39, 0.29) is 17.2 Å². The minimum absolute atomic E-state index is 0.0245. The summed E-state index contributed by atoms with van der Waals surface area (Å²) in [5.74, 6) is -0.611. The first kappa shape index (κ1) is 28.8. The van der Waals surface area contributed by atoms with Crippen LogP contribution in [0, 0.1) is 11.6 Å². The van der Waals surface area contributed by atoms with Crippen molar-refractivity contribution >= 4 is 46.2 Å². The summed E-state index contributed by atoms with van der Waals surface area (Å²) in [5.41, 5.74) is 0.924. The maximum atomic E-state index is 15.2. The number of benzene rings is 2. The van der Waals surface area contributed by atoms with Gasteiger partial charge in [-0.25, -0.2) is 18.7 Å². The molecule has 1 fully saturated rings. The van der Waals surface area contributed by atoms with E-state index in [0.29, 0.717) is 33.5 Å². The molecule has 7 nitrogen and oxygen atoms in total. The second-order valence-electron chi connectivity index (χ2n) is 9.08. The van der Waals surface area contributed by atoms with Gasteiger partial charge in [0.05, 0.1) is 12.1 Å². The van der Waals surface area contributed by atoms with E-state index in [4.69, 9.17) is 16.3 Å². The second-order valence-corrected chi connectivity index (χ2v) is 10.3. The predicted molar refractivity (Wildman–Crippen MR) is 156 cm³/mol. The molecule has 0 bridgehead atoms. The molecule has 39 heavy (non-hydrogen) atoms. The number of methoxy groups -OCH3 is 1. The number of nitrogens with one attached hydrogen (secondary N) is 3. The molecule has 5 rings (SSSR count). The number of pyridine rings is 1. The lowest BCUT2D eigenvalue weighted by Gasteiger charge is -2.22. The topological polar surface area (TPSA) is 84.0 Å². The van der Waals surface area contributed by atoms with Crippen molar-refractivity contribution in [3.63, 3.8) is 0 Å². The summed E-state index contributed by atoms with van der Waals surface area (Å²) >= 11 is 7.30. The minimum Gasteiger partial charge on any atom is -0.480 e. The number of anilines is 2. The van der Waals surface area contributed by atoms with Crippen LogP contribution in [0.1, 0.15) is 32.1 Å². The molecule has 4 aromatic rings. The van der Waals surface area contributed by atoms with Crippen LogP contribution < -0.4 is 20.1 Å². The Labute approximate surface area is 236 Å². The normalized spacial score (nSPS) is 13.5. The van der Waals surface area contributed by atoms with Gasteiger partial charge in [0, 0.05) is 28.1 Å². The number of halogens is 3. The van der Waals surface area contributed by atoms with Crippen LogP contribution in [0.2, 0.25) is 5.02 Å². The summed E-state index contributed by atoms with van der Waals surface area (Å²) in [6.45, 7) is 0. The van der Waals surface area contributed by atoms with Crippen molar-refractivity contribution in [2.45, 2.75) is 43.0 Å². The third-order valence-corrected chi connectivity index (χ3v) is 7.43. The molecule has 0 atom stereocenters. The average molecular weight is 573 g/mol. The first-order chi connectivity index (χ1) is 18.9. The molecule has 0 saturated heterocycles. The molecule has 1 saturated carbocycles. The fourth-order valence-electron chi connectivity index (χ4n) is 4.29. The minimum atomic E-state index is -0.617. The number of rotatable bonds is 7. The summed E-state index contributed by atoms with van der Waals surface area (Å²) < 4.78 is 38.4. The van der Waals surface area contributed by atoms with E-state index in [1.807, 2.05) is 26.2 Å². The van der Waals surface area contributed by atoms with Crippen molar-refractivity contribution in [3.8, 4) is 17.0 Å². The summed E-state index contributed by atoms with van der Waals surface area (Å²) in [4.78, 5) is 13.8. The van der Waals surface area contributed by atoms with Crippen molar-refractivity contribution in [2.24, 2.45) is 0 Å². The average Bonchev–Trinajstić information content (AvgIpc) is 2.94. The van der Waals surface area contributed by atoms with Crippen molar-refractivity contribution in [1.29, 1.82) is 0 Å². The van der Waals surface area contributed by atoms with Crippen LogP contribution in [0.4, 0.5) is 20.5 Å². The molecule has 1 aliphatic carbocycles. The van der Waals surface area contributed by atoms with Crippen LogP contribution in [0.15, 0.2) is 53.6 Å². The molecule has 2 aromatic heterocycles. The van der Waals surface area contributed by atoms with Crippen LogP contribution in [0.25, 0.3) is 22.0 Å². The molecule has 206 valence electrons. The van der Waals surface area contributed by atoms with Gasteiger partial charge in [-0.05, 0) is 74.8 Å². The Morgan fingerprint density at radius 3 is 2.46 bits per heavy atom. The molecule has 3 N–H and O–H groups in total. The van der Waals surface area contributed by atoms with E-state index in [2.05, 4.69) is 30.3 Å². The Morgan fingerprint density at radius 1 is 1.00 bits per heavy atom. The highest BCUT2D eigenvalue weighted by molar-refractivity contribution is 8.00. The van der Waals surface area contributed by atoms with E-state index in [0.717, 1.165) is 29.7 Å². The van der Waals surface area contributed by atoms with E-state index in [9.17, 15) is 4.39 Å². The van der Waals surface area contributed by atoms with Crippen LogP contribution >= 0.6 is 23.5 Å². The molecule has 0 aliphatic heterocycles. The zero-order valence-electron chi connectivity index (χ0n) is 22.0. The Hall–Kier alpha value is -3.21. The fraction of sp³-hybridized carbons (Fsp3) is 0.321. The highest BCUT2D eigenvalue weighted by Crippen LogP contribution is 2.36. The van der Waals surface area contributed by atoms with Crippen LogP contribution in [-0.2, 0) is 0 Å². The molecule has 0 radical (unpaired) electrons. The van der Waals surface area contributed by atoms with Gasteiger partial charge in [0.25, 0.3) is 0 Å². The largest absolute Gasteiger partial charge is 0.480 e. The Bertz CT molecular complexity index is 1420. The first-order valence-corrected chi connectivity index (χ1v) is 13.9. The lowest BCUT2D eigenvalue weighted by atomic mass is 9.96. The van der Waals surface area contributed by atoms with Crippen LogP contribution in [0.5, 0.6) is 5.88 Å². The maximum Gasteiger partial charge on any atom is 0.223 e. The number of aromatic nitrogens is 3. The summed E-state index contributed by atoms with van der Waals surface area (Å²) in [5, 5.41) is 7.10. The van der Waals surface area contributed by atoms with Gasteiger partial charge in [-0.2, -0.15) is 4.98 Å². The molecule has 0 spiro atoms. The molecule has 0 unspecified atom stereocenters. The van der Waals surface area contributed by atoms with Crippen molar-refractivity contribution < 1.29 is 13.5 Å². The first-order valence-electron chi connectivity index (χ1n) is 12.7. The molecular formula is C28H31ClF2N6OS. The molecule has 1 aliphatic rings. The lowest BCUT2D eigenvalue weighted by Crippen LogP contribution is -2.23. The Balaban J connectivity index is 0.00000112. The molecule has 11 heteroatoms. The van der Waals surface area contributed by atoms with Crippen molar-refractivity contribution in [1.82, 2.24) is 20.3 Å². The van der Waals surface area contributed by atoms with Gasteiger partial charge in [0.2, 0.25) is 11.8 Å². The summed E-state index contributed by atoms with van der Waals surface area (Å²) in [7, 11) is 5.18. The SMILES string of the molecule is CNC.COc1nc(NSc2ccccc2Cl)c(F)cc1-c1cc(F)c2nc(NC3CCCCC3)ncc2c1. The number of fused-ring (bicyclic) bond motifs is 1. The predicted octanol–water partition coefficient (Wildman–Crippen LogP) is 7.33. The quantitative estimate of drug-likeness (QED) is 0.198. The van der Waals surface area contributed by atoms with Crippen molar-refractivity contribution in [2.75, 3.05) is 31.2 Å². The third-order valence-electron chi connectivity index (χ3n) is 6.11. The number of ether oxygens (including phenoxy) is 1. The Morgan fingerprint density at radius 2 is 1.74 bits per heavy atom. The third kappa shape index (κ3) is 7.26. The van der Waals surface area contributed by atoms with Gasteiger partial charge in [-0.15, -0.1) is 0 Å². The fourth-order valence-corrected chi connectivity index (χ4v) is 5.21. The van der Waals surface area contributed by atoms with Gasteiger partial charge >= 0.3 is 0 Å². The monoisotopic (exact) mass is 572 g/mol. The lowest BCUT2D eigenvalue weighted by molar-refractivity contribution is 0.399. The Kier molecular flexibility index (Phi) is 10.1. The zero-order valence-corrected chi connectivity index (χ0v) is 23.6.